The maximum Gasteiger partial charge on any atom is 0.251 e. The average Bonchev–Trinajstić information content (AvgIpc) is 3.31. The van der Waals surface area contributed by atoms with Gasteiger partial charge in [0.2, 0.25) is 0 Å². The lowest BCUT2D eigenvalue weighted by atomic mass is 10.1. The van der Waals surface area contributed by atoms with E-state index in [4.69, 9.17) is 9.47 Å². The molecule has 0 unspecified atom stereocenters. The molecule has 1 fully saturated rings. The summed E-state index contributed by atoms with van der Waals surface area (Å²) in [5.74, 6) is 0.530. The van der Waals surface area contributed by atoms with Gasteiger partial charge in [-0.3, -0.25) is 4.79 Å². The number of rotatable bonds is 7. The van der Waals surface area contributed by atoms with Crippen LogP contribution in [0.2, 0.25) is 0 Å². The first kappa shape index (κ1) is 19.4. The van der Waals surface area contributed by atoms with Gasteiger partial charge in [-0.2, -0.15) is 0 Å². The van der Waals surface area contributed by atoms with Gasteiger partial charge in [0.15, 0.2) is 0 Å². The number of aromatic nitrogens is 1. The van der Waals surface area contributed by atoms with Crippen LogP contribution in [0.1, 0.15) is 21.6 Å². The van der Waals surface area contributed by atoms with Gasteiger partial charge in [-0.25, -0.2) is 4.98 Å². The molecule has 0 spiro atoms. The Kier molecular flexibility index (Phi) is 6.38. The molecule has 1 aliphatic heterocycles. The zero-order valence-electron chi connectivity index (χ0n) is 16.0. The third-order valence-corrected chi connectivity index (χ3v) is 5.37. The van der Waals surface area contributed by atoms with Crippen molar-refractivity contribution in [1.29, 1.82) is 0 Å². The summed E-state index contributed by atoms with van der Waals surface area (Å²) in [5, 5.41) is 4.92. The van der Waals surface area contributed by atoms with Crippen LogP contribution in [0.25, 0.3) is 0 Å². The lowest BCUT2D eigenvalue weighted by molar-refractivity contribution is 0.0950. The summed E-state index contributed by atoms with van der Waals surface area (Å²) in [6, 6.07) is 15.5. The van der Waals surface area contributed by atoms with Gasteiger partial charge in [-0.05, 0) is 35.9 Å². The molecule has 1 amide bonds. The first-order chi connectivity index (χ1) is 14.3. The number of thiazole rings is 1. The molecule has 2 heterocycles. The Labute approximate surface area is 174 Å². The minimum absolute atomic E-state index is 0.124. The predicted molar refractivity (Wildman–Crippen MR) is 114 cm³/mol. The summed E-state index contributed by atoms with van der Waals surface area (Å²) in [7, 11) is 0. The van der Waals surface area contributed by atoms with E-state index in [9.17, 15) is 4.79 Å². The van der Waals surface area contributed by atoms with E-state index in [0.717, 1.165) is 37.6 Å². The fraction of sp³-hybridized carbons (Fsp3) is 0.273. The monoisotopic (exact) mass is 409 g/mol. The molecule has 150 valence electrons. The summed E-state index contributed by atoms with van der Waals surface area (Å²) >= 11 is 1.53. The number of hydrogen-bond donors (Lipinski definition) is 1. The number of hydrogen-bond acceptors (Lipinski definition) is 6. The highest BCUT2D eigenvalue weighted by Crippen LogP contribution is 2.18. The van der Waals surface area contributed by atoms with E-state index in [1.165, 1.54) is 17.0 Å². The molecule has 0 atom stereocenters. The lowest BCUT2D eigenvalue weighted by Crippen LogP contribution is -2.36. The summed E-state index contributed by atoms with van der Waals surface area (Å²) in [6.07, 6.45) is 0. The SMILES string of the molecule is O=C(NCc1ccc(N2CCOCC2)cc1)c1cccc(OCc2cscn2)c1. The topological polar surface area (TPSA) is 63.7 Å². The summed E-state index contributed by atoms with van der Waals surface area (Å²) < 4.78 is 11.1. The number of ether oxygens (including phenoxy) is 2. The Balaban J connectivity index is 1.30. The van der Waals surface area contributed by atoms with Crippen molar-refractivity contribution in [2.75, 3.05) is 31.2 Å². The van der Waals surface area contributed by atoms with Crippen LogP contribution in [0.5, 0.6) is 5.75 Å². The Bertz CT molecular complexity index is 923. The van der Waals surface area contributed by atoms with Crippen molar-refractivity contribution in [1.82, 2.24) is 10.3 Å². The maximum atomic E-state index is 12.5. The Hall–Kier alpha value is -2.90. The van der Waals surface area contributed by atoms with Crippen LogP contribution in [-0.4, -0.2) is 37.2 Å². The standard InChI is InChI=1S/C22H23N3O3S/c26-22(18-2-1-3-21(12-18)28-14-19-15-29-16-24-19)23-13-17-4-6-20(7-5-17)25-8-10-27-11-9-25/h1-7,12,15-16H,8-11,13-14H2,(H,23,26). The third kappa shape index (κ3) is 5.34. The van der Waals surface area contributed by atoms with Gasteiger partial charge in [-0.15, -0.1) is 11.3 Å². The zero-order chi connectivity index (χ0) is 19.9. The largest absolute Gasteiger partial charge is 0.487 e. The van der Waals surface area contributed by atoms with E-state index in [1.807, 2.05) is 17.5 Å². The van der Waals surface area contributed by atoms with Crippen molar-refractivity contribution in [2.24, 2.45) is 0 Å². The molecular weight excluding hydrogens is 386 g/mol. The molecule has 0 saturated carbocycles. The Morgan fingerprint density at radius 1 is 1.17 bits per heavy atom. The van der Waals surface area contributed by atoms with Crippen molar-refractivity contribution in [3.05, 3.63) is 76.2 Å². The molecule has 29 heavy (non-hydrogen) atoms. The molecule has 7 heteroatoms. The average molecular weight is 410 g/mol. The first-order valence-electron chi connectivity index (χ1n) is 9.58. The van der Waals surface area contributed by atoms with Crippen LogP contribution in [0, 0.1) is 0 Å². The normalized spacial score (nSPS) is 13.9. The molecule has 2 aromatic carbocycles. The summed E-state index contributed by atoms with van der Waals surface area (Å²) in [5.41, 5.74) is 5.48. The fourth-order valence-electron chi connectivity index (χ4n) is 3.12. The molecule has 0 aliphatic carbocycles. The van der Waals surface area contributed by atoms with Crippen molar-refractivity contribution in [2.45, 2.75) is 13.2 Å². The van der Waals surface area contributed by atoms with Crippen LogP contribution in [0.3, 0.4) is 0 Å². The summed E-state index contributed by atoms with van der Waals surface area (Å²) in [4.78, 5) is 19.0. The van der Waals surface area contributed by atoms with Gasteiger partial charge in [0.1, 0.15) is 12.4 Å². The molecule has 1 N–H and O–H groups in total. The van der Waals surface area contributed by atoms with Gasteiger partial charge in [0.25, 0.3) is 5.91 Å². The molecule has 0 radical (unpaired) electrons. The van der Waals surface area contributed by atoms with E-state index in [1.54, 1.807) is 17.6 Å². The Morgan fingerprint density at radius 3 is 2.76 bits per heavy atom. The third-order valence-electron chi connectivity index (χ3n) is 4.73. The van der Waals surface area contributed by atoms with Gasteiger partial charge < -0.3 is 19.7 Å². The van der Waals surface area contributed by atoms with Gasteiger partial charge in [0.05, 0.1) is 24.4 Å². The number of anilines is 1. The lowest BCUT2D eigenvalue weighted by Gasteiger charge is -2.28. The van der Waals surface area contributed by atoms with E-state index >= 15 is 0 Å². The van der Waals surface area contributed by atoms with Crippen LogP contribution in [0.15, 0.2) is 59.4 Å². The molecule has 1 aromatic heterocycles. The number of morpholine rings is 1. The number of nitrogens with one attached hydrogen (secondary N) is 1. The van der Waals surface area contributed by atoms with Crippen LogP contribution in [-0.2, 0) is 17.9 Å². The molecule has 1 aliphatic rings. The maximum absolute atomic E-state index is 12.5. The predicted octanol–water partition coefficient (Wildman–Crippen LogP) is 3.49. The molecule has 0 bridgehead atoms. The molecule has 3 aromatic rings. The molecule has 4 rings (SSSR count). The van der Waals surface area contributed by atoms with Gasteiger partial charge in [-0.1, -0.05) is 18.2 Å². The molecule has 1 saturated heterocycles. The first-order valence-corrected chi connectivity index (χ1v) is 10.5. The Morgan fingerprint density at radius 2 is 2.00 bits per heavy atom. The fourth-order valence-corrected chi connectivity index (χ4v) is 3.67. The van der Waals surface area contributed by atoms with Crippen LogP contribution < -0.4 is 15.0 Å². The quantitative estimate of drug-likeness (QED) is 0.647. The van der Waals surface area contributed by atoms with E-state index in [2.05, 4.69) is 39.5 Å². The summed E-state index contributed by atoms with van der Waals surface area (Å²) in [6.45, 7) is 4.23. The van der Waals surface area contributed by atoms with Crippen LogP contribution in [0.4, 0.5) is 5.69 Å². The van der Waals surface area contributed by atoms with Crippen molar-refractivity contribution in [3.63, 3.8) is 0 Å². The van der Waals surface area contributed by atoms with Crippen molar-refractivity contribution in [3.8, 4) is 5.75 Å². The van der Waals surface area contributed by atoms with E-state index < -0.39 is 0 Å². The minimum atomic E-state index is -0.124. The second-order valence-electron chi connectivity index (χ2n) is 6.74. The van der Waals surface area contributed by atoms with E-state index in [0.29, 0.717) is 24.5 Å². The number of amides is 1. The zero-order valence-corrected chi connectivity index (χ0v) is 16.9. The van der Waals surface area contributed by atoms with Crippen LogP contribution >= 0.6 is 11.3 Å². The van der Waals surface area contributed by atoms with Gasteiger partial charge in [0, 0.05) is 36.3 Å². The second kappa shape index (κ2) is 9.54. The van der Waals surface area contributed by atoms with Gasteiger partial charge >= 0.3 is 0 Å². The highest BCUT2D eigenvalue weighted by Gasteiger charge is 2.11. The minimum Gasteiger partial charge on any atom is -0.487 e. The second-order valence-corrected chi connectivity index (χ2v) is 7.46. The smallest absolute Gasteiger partial charge is 0.251 e. The molecular formula is C22H23N3O3S. The molecule has 6 nitrogen and oxygen atoms in total. The number of benzene rings is 2. The highest BCUT2D eigenvalue weighted by molar-refractivity contribution is 7.07. The van der Waals surface area contributed by atoms with Crippen molar-refractivity contribution < 1.29 is 14.3 Å². The number of carbonyl (C=O) groups excluding carboxylic acids is 1. The van der Waals surface area contributed by atoms with E-state index in [-0.39, 0.29) is 5.91 Å². The highest BCUT2D eigenvalue weighted by atomic mass is 32.1. The number of carbonyl (C=O) groups is 1. The number of nitrogens with zero attached hydrogens (tertiary/aromatic N) is 2. The van der Waals surface area contributed by atoms with Crippen molar-refractivity contribution >= 4 is 22.9 Å².